The first-order valence-corrected chi connectivity index (χ1v) is 38.1. The van der Waals surface area contributed by atoms with Crippen LogP contribution in [-0.2, 0) is 38.9 Å². The van der Waals surface area contributed by atoms with E-state index in [0.29, 0.717) is 65.8 Å². The maximum absolute atomic E-state index is 12.4. The largest absolute Gasteiger partial charge is 0.497 e. The molecule has 0 amide bonds. The van der Waals surface area contributed by atoms with Gasteiger partial charge in [-0.2, -0.15) is 15.0 Å². The molecule has 7 aliphatic heterocycles. The summed E-state index contributed by atoms with van der Waals surface area (Å²) in [5, 5.41) is 0.350. The number of aromatic amines is 4. The van der Waals surface area contributed by atoms with Gasteiger partial charge in [0.1, 0.15) is 11.2 Å². The first kappa shape index (κ1) is 77.3. The maximum Gasteiger partial charge on any atom is 0.349 e. The summed E-state index contributed by atoms with van der Waals surface area (Å²) in [5.41, 5.74) is 19.0. The van der Waals surface area contributed by atoms with E-state index < -0.39 is 33.7 Å². The van der Waals surface area contributed by atoms with Gasteiger partial charge in [0.05, 0.1) is 51.6 Å². The second-order valence-corrected chi connectivity index (χ2v) is 29.5. The van der Waals surface area contributed by atoms with Gasteiger partial charge in [0.15, 0.2) is 45.7 Å². The van der Waals surface area contributed by atoms with Crippen molar-refractivity contribution in [1.82, 2.24) is 68.5 Å². The van der Waals surface area contributed by atoms with Gasteiger partial charge < -0.3 is 28.3 Å². The second-order valence-electron chi connectivity index (χ2n) is 28.4. The van der Waals surface area contributed by atoms with Crippen molar-refractivity contribution in [3.63, 3.8) is 0 Å². The van der Waals surface area contributed by atoms with E-state index in [4.69, 9.17) is 4.74 Å². The highest BCUT2D eigenvalue weighted by molar-refractivity contribution is 7.99. The summed E-state index contributed by atoms with van der Waals surface area (Å²) in [7, 11) is 1.65. The number of anilines is 2. The lowest BCUT2D eigenvalue weighted by atomic mass is 10.1. The molecule has 1 aromatic heterocycles. The summed E-state index contributed by atoms with van der Waals surface area (Å²) in [6.45, 7) is 26.9. The van der Waals surface area contributed by atoms with Gasteiger partial charge in [-0.05, 0) is 242 Å². The molecule has 0 saturated carbocycles. The lowest BCUT2D eigenvalue weighted by molar-refractivity contribution is 0.414. The number of thioether (sulfide) groups is 1. The molecule has 568 valence electrons. The molecule has 9 aromatic rings. The van der Waals surface area contributed by atoms with Crippen LogP contribution < -0.4 is 59.8 Å². The molecule has 112 heavy (non-hydrogen) atoms. The van der Waals surface area contributed by atoms with Crippen molar-refractivity contribution in [2.24, 2.45) is 4.99 Å². The van der Waals surface area contributed by atoms with Crippen molar-refractivity contribution in [2.45, 2.75) is 132 Å². The maximum atomic E-state index is 12.4. The minimum atomic E-state index is -0.658. The molecule has 8 aromatic carbocycles. The Hall–Kier alpha value is -12.9. The average Bonchev–Trinajstić information content (AvgIpc) is 0.774. The zero-order valence-corrected chi connectivity index (χ0v) is 65.3. The smallest absolute Gasteiger partial charge is 0.349 e. The third kappa shape index (κ3) is 17.4. The Balaban J connectivity index is 0.000000131. The molecule has 0 spiro atoms. The molecule has 0 unspecified atom stereocenters. The Labute approximate surface area is 647 Å². The Bertz CT molecular complexity index is 6570. The first-order valence-electron chi connectivity index (χ1n) is 37.1. The second kappa shape index (κ2) is 33.5. The zero-order chi connectivity index (χ0) is 79.2. The normalized spacial score (nSPS) is 11.6. The van der Waals surface area contributed by atoms with Gasteiger partial charge >= 0.3 is 17.1 Å². The molecule has 0 bridgehead atoms. The van der Waals surface area contributed by atoms with E-state index in [9.17, 15) is 33.6 Å². The van der Waals surface area contributed by atoms with Gasteiger partial charge in [-0.15, -0.1) is 11.8 Å². The minimum Gasteiger partial charge on any atom is -0.497 e. The molecule has 0 saturated heterocycles. The summed E-state index contributed by atoms with van der Waals surface area (Å²) >= 11 is 1.78. The summed E-state index contributed by atoms with van der Waals surface area (Å²) < 4.78 is 11.1. The van der Waals surface area contributed by atoms with Crippen LogP contribution in [0.4, 0.5) is 17.2 Å². The zero-order valence-electron chi connectivity index (χ0n) is 64.5. The van der Waals surface area contributed by atoms with Crippen LogP contribution in [0, 0.1) is 69.2 Å². The predicted molar refractivity (Wildman–Crippen MR) is 443 cm³/mol. The van der Waals surface area contributed by atoms with E-state index in [1.807, 2.05) is 122 Å². The highest BCUT2D eigenvalue weighted by Gasteiger charge is 2.26. The minimum absolute atomic E-state index is 0.182. The van der Waals surface area contributed by atoms with Gasteiger partial charge in [-0.3, -0.25) is 34.1 Å². The fraction of sp³-hybridized carbons (Fsp3) is 0.253. The molecule has 0 atom stereocenters. The molecule has 16 rings (SSSR count). The van der Waals surface area contributed by atoms with Gasteiger partial charge in [-0.1, -0.05) is 96.6 Å². The molecule has 0 fully saturated rings. The van der Waals surface area contributed by atoms with Gasteiger partial charge in [0, 0.05) is 36.8 Å². The van der Waals surface area contributed by atoms with E-state index in [1.54, 1.807) is 18.9 Å². The van der Waals surface area contributed by atoms with Gasteiger partial charge in [-0.25, -0.2) is 39.3 Å². The number of benzene rings is 8. The number of ether oxygens (including phenoxy) is 1. The van der Waals surface area contributed by atoms with Crippen LogP contribution in [0.1, 0.15) is 91.6 Å². The van der Waals surface area contributed by atoms with Crippen molar-refractivity contribution in [3.8, 4) is 40.3 Å². The molecule has 8 heterocycles. The van der Waals surface area contributed by atoms with Crippen LogP contribution in [0.2, 0.25) is 0 Å². The van der Waals surface area contributed by atoms with Crippen LogP contribution in [0.3, 0.4) is 0 Å². The van der Waals surface area contributed by atoms with E-state index >= 15 is 0 Å². The van der Waals surface area contributed by atoms with Crippen LogP contribution in [0.5, 0.6) is 5.75 Å². The van der Waals surface area contributed by atoms with Crippen molar-refractivity contribution in [2.75, 3.05) is 24.3 Å². The highest BCUT2D eigenvalue weighted by atomic mass is 32.2. The van der Waals surface area contributed by atoms with Gasteiger partial charge in [0.2, 0.25) is 0 Å². The van der Waals surface area contributed by atoms with Crippen LogP contribution in [-0.4, -0.2) is 87.9 Å². The molecular weight excluding hydrogens is 1430 g/mol. The molecule has 0 radical (unpaired) electrons. The SMILES string of the molecule is C=c1nc2c(c(=O)[nH]1)=Nc1cc(C)c(C)cc1N2CCSc1ccccc1.COc1cccc(CCCn2c3nc(=O)[nH]c(=O)c-3nc3cc(C)c(C)cc32)c1.Cc1ccc(CCCn2c3nc(=O)[nH]c(=O)c-3nc3cc(C)c(C)cc32)cc1.Cc1cccc(CCCn2c3nc(=O)[nH]c(=O)c-3nc3cc(C)c(C)cc32)c1. The number of methoxy groups -OCH3 is 1. The van der Waals surface area contributed by atoms with E-state index in [-0.39, 0.29) is 22.6 Å². The summed E-state index contributed by atoms with van der Waals surface area (Å²) in [5.74, 6) is 3.26. The number of nitrogens with one attached hydrogen (secondary N) is 4. The quantitative estimate of drug-likeness (QED) is 0.0486. The summed E-state index contributed by atoms with van der Waals surface area (Å²) in [6, 6.07) is 51.4. The number of H-pyrrole nitrogens is 4. The topological polar surface area (TPSA) is 312 Å². The third-order valence-corrected chi connectivity index (χ3v) is 21.2. The lowest BCUT2D eigenvalue weighted by Gasteiger charge is -2.28. The fourth-order valence-electron chi connectivity index (χ4n) is 13.7. The van der Waals surface area contributed by atoms with Crippen molar-refractivity contribution >= 4 is 68.6 Å². The number of aromatic nitrogens is 14. The number of fused-ring (bicyclic) bond motifs is 8. The molecule has 24 nitrogen and oxygen atoms in total. The monoisotopic (exact) mass is 1510 g/mol. The van der Waals surface area contributed by atoms with E-state index in [1.165, 1.54) is 32.7 Å². The molecule has 4 N–H and O–H groups in total. The number of rotatable bonds is 17. The van der Waals surface area contributed by atoms with E-state index in [2.05, 4.69) is 184 Å². The summed E-state index contributed by atoms with van der Waals surface area (Å²) in [6.07, 6.45) is 5.15. The first-order chi connectivity index (χ1) is 53.8. The molecular formula is C87H86N16O8S. The highest BCUT2D eigenvalue weighted by Crippen LogP contribution is 2.38. The average molecular weight is 1520 g/mol. The van der Waals surface area contributed by atoms with E-state index in [0.717, 1.165) is 133 Å². The lowest BCUT2D eigenvalue weighted by Crippen LogP contribution is -2.43. The number of hydrogen-bond acceptors (Lipinski definition) is 18. The van der Waals surface area contributed by atoms with Crippen molar-refractivity contribution in [3.05, 3.63) is 308 Å². The summed E-state index contributed by atoms with van der Waals surface area (Å²) in [4.78, 5) is 132. The molecule has 25 heteroatoms. The van der Waals surface area contributed by atoms with Crippen molar-refractivity contribution in [1.29, 1.82) is 0 Å². The Morgan fingerprint density at radius 3 is 1.31 bits per heavy atom. The number of nitrogens with zero attached hydrogens (tertiary/aromatic N) is 12. The number of aryl methyl sites for hydroxylation is 16. The number of hydrogen-bond donors (Lipinski definition) is 4. The standard InChI is InChI=1S/C22H22N4O3.2C22H22N4O2.C21H20N4OS/c1-13-10-17-18(11-14(13)2)26(20-19(23-17)21(27)25-22(28)24-20)9-5-7-15-6-4-8-16(12-15)29-3;1-13-6-4-7-16(10-13)8-5-9-26-18-12-15(3)14(2)11-17(18)23-19-20(26)24-22(28)25-21(19)27;1-13-6-8-16(9-7-13)5-4-10-26-18-12-15(3)14(2)11-17(18)23-19-20(26)24-22(28)25-21(19)27;1-13-11-17-18(12-14(13)2)25(9-10-27-16-7-5-4-6-8-16)20-19(24-17)21(26)23-15(3)22-20/h4,6,8,10-12H,5,7,9H2,1-3H3,(H,25,27,28);4,6-7,10-12H,5,8-9H2,1-3H3,(H,25,27,28);6-9,11-12H,4-5,10H2,1-3H3,(H,25,27,28);4-8,11-12H,3,9-10H2,1-2H3,(H,23,26). The Morgan fingerprint density at radius 2 is 0.839 bits per heavy atom. The van der Waals surface area contributed by atoms with Crippen LogP contribution in [0.15, 0.2) is 195 Å². The Kier molecular flexibility index (Phi) is 23.1. The van der Waals surface area contributed by atoms with Crippen LogP contribution in [0.25, 0.3) is 74.2 Å². The van der Waals surface area contributed by atoms with Crippen LogP contribution >= 0.6 is 11.8 Å². The molecule has 7 aliphatic rings. The molecule has 0 aliphatic carbocycles. The van der Waals surface area contributed by atoms with Crippen molar-refractivity contribution < 1.29 is 4.74 Å². The third-order valence-electron chi connectivity index (χ3n) is 20.2. The fourth-order valence-corrected chi connectivity index (χ4v) is 14.6. The van der Waals surface area contributed by atoms with Gasteiger partial charge in [0.25, 0.3) is 22.2 Å². The Morgan fingerprint density at radius 1 is 0.402 bits per heavy atom. The predicted octanol–water partition coefficient (Wildman–Crippen LogP) is 12.1.